The highest BCUT2D eigenvalue weighted by molar-refractivity contribution is 9.10. The summed E-state index contributed by atoms with van der Waals surface area (Å²) in [6.07, 6.45) is 2.43. The number of carbonyl (C=O) groups is 2. The second kappa shape index (κ2) is 6.74. The van der Waals surface area contributed by atoms with Gasteiger partial charge in [-0.3, -0.25) is 9.59 Å². The van der Waals surface area contributed by atoms with Crippen molar-refractivity contribution in [2.24, 2.45) is 11.7 Å². The number of halogens is 1. The van der Waals surface area contributed by atoms with Crippen LogP contribution in [0.1, 0.15) is 19.3 Å². The van der Waals surface area contributed by atoms with Crippen LogP contribution in [-0.4, -0.2) is 24.5 Å². The van der Waals surface area contributed by atoms with E-state index in [0.717, 1.165) is 23.7 Å². The molecule has 1 aliphatic rings. The Bertz CT molecular complexity index is 507. The molecule has 0 aliphatic heterocycles. The van der Waals surface area contributed by atoms with Crippen LogP contribution in [0.4, 0.5) is 0 Å². The number of hydrogen-bond acceptors (Lipinski definition) is 3. The summed E-state index contributed by atoms with van der Waals surface area (Å²) in [6.45, 7) is -0.0788. The fraction of sp³-hybridized carbons (Fsp3) is 0.429. The molecule has 1 aliphatic carbocycles. The number of para-hydroxylation sites is 1. The number of hydrogen-bond donors (Lipinski definition) is 2. The zero-order valence-electron chi connectivity index (χ0n) is 11.0. The van der Waals surface area contributed by atoms with E-state index in [4.69, 9.17) is 10.5 Å². The van der Waals surface area contributed by atoms with Crippen molar-refractivity contribution in [3.63, 3.8) is 0 Å². The standard InChI is InChI=1S/C14H17BrN2O3/c15-10-5-1-2-7-12(10)20-8-13(18)17-11-6-3-4-9(11)14(16)19/h1-2,5,7,9,11H,3-4,6,8H2,(H2,16,19)(H,17,18). The van der Waals surface area contributed by atoms with Gasteiger partial charge in [0.1, 0.15) is 5.75 Å². The summed E-state index contributed by atoms with van der Waals surface area (Å²) >= 11 is 3.35. The van der Waals surface area contributed by atoms with Crippen LogP contribution in [0.15, 0.2) is 28.7 Å². The first-order chi connectivity index (χ1) is 9.58. The molecule has 0 saturated heterocycles. The van der Waals surface area contributed by atoms with Crippen molar-refractivity contribution in [2.75, 3.05) is 6.61 Å². The van der Waals surface area contributed by atoms with Gasteiger partial charge in [-0.2, -0.15) is 0 Å². The first-order valence-electron chi connectivity index (χ1n) is 6.54. The zero-order valence-corrected chi connectivity index (χ0v) is 12.6. The van der Waals surface area contributed by atoms with Crippen molar-refractivity contribution in [3.05, 3.63) is 28.7 Å². The Morgan fingerprint density at radius 2 is 2.10 bits per heavy atom. The molecule has 5 nitrogen and oxygen atoms in total. The van der Waals surface area contributed by atoms with Crippen molar-refractivity contribution in [1.29, 1.82) is 0 Å². The third-order valence-electron chi connectivity index (χ3n) is 3.42. The number of nitrogens with one attached hydrogen (secondary N) is 1. The Labute approximate surface area is 126 Å². The molecule has 108 valence electrons. The predicted octanol–water partition coefficient (Wildman–Crippen LogP) is 1.60. The lowest BCUT2D eigenvalue weighted by Gasteiger charge is -2.18. The van der Waals surface area contributed by atoms with Crippen molar-refractivity contribution in [2.45, 2.75) is 25.3 Å². The van der Waals surface area contributed by atoms with Crippen molar-refractivity contribution < 1.29 is 14.3 Å². The summed E-state index contributed by atoms with van der Waals surface area (Å²) < 4.78 is 6.22. The highest BCUT2D eigenvalue weighted by Gasteiger charge is 2.32. The first kappa shape index (κ1) is 14.8. The zero-order chi connectivity index (χ0) is 14.5. The number of rotatable bonds is 5. The third kappa shape index (κ3) is 3.72. The Hall–Kier alpha value is -1.56. The number of carbonyl (C=O) groups excluding carboxylic acids is 2. The molecule has 1 aromatic carbocycles. The minimum absolute atomic E-state index is 0.0788. The fourth-order valence-electron chi connectivity index (χ4n) is 2.43. The molecule has 0 bridgehead atoms. The van der Waals surface area contributed by atoms with Crippen LogP contribution in [0.2, 0.25) is 0 Å². The van der Waals surface area contributed by atoms with Crippen LogP contribution in [0, 0.1) is 5.92 Å². The van der Waals surface area contributed by atoms with E-state index in [0.29, 0.717) is 5.75 Å². The van der Waals surface area contributed by atoms with E-state index < -0.39 is 0 Å². The van der Waals surface area contributed by atoms with E-state index in [1.807, 2.05) is 18.2 Å². The van der Waals surface area contributed by atoms with Gasteiger partial charge in [0.2, 0.25) is 5.91 Å². The molecule has 0 radical (unpaired) electrons. The lowest BCUT2D eigenvalue weighted by Crippen LogP contribution is -2.44. The second-order valence-corrected chi connectivity index (χ2v) is 5.69. The molecular weight excluding hydrogens is 324 g/mol. The van der Waals surface area contributed by atoms with E-state index in [-0.39, 0.29) is 30.4 Å². The molecular formula is C14H17BrN2O3. The van der Waals surface area contributed by atoms with Gasteiger partial charge in [0, 0.05) is 6.04 Å². The Morgan fingerprint density at radius 1 is 1.35 bits per heavy atom. The van der Waals surface area contributed by atoms with Gasteiger partial charge in [-0.05, 0) is 40.9 Å². The van der Waals surface area contributed by atoms with Gasteiger partial charge in [-0.25, -0.2) is 0 Å². The van der Waals surface area contributed by atoms with Crippen LogP contribution >= 0.6 is 15.9 Å². The number of primary amides is 1. The summed E-state index contributed by atoms with van der Waals surface area (Å²) in [4.78, 5) is 23.1. The number of amides is 2. The van der Waals surface area contributed by atoms with Gasteiger partial charge >= 0.3 is 0 Å². The van der Waals surface area contributed by atoms with Crippen LogP contribution < -0.4 is 15.8 Å². The highest BCUT2D eigenvalue weighted by atomic mass is 79.9. The summed E-state index contributed by atoms with van der Waals surface area (Å²) in [7, 11) is 0. The second-order valence-electron chi connectivity index (χ2n) is 4.83. The number of ether oxygens (including phenoxy) is 1. The minimum Gasteiger partial charge on any atom is -0.483 e. The molecule has 6 heteroatoms. The quantitative estimate of drug-likeness (QED) is 0.854. The van der Waals surface area contributed by atoms with Gasteiger partial charge in [-0.15, -0.1) is 0 Å². The lowest BCUT2D eigenvalue weighted by atomic mass is 10.0. The van der Waals surface area contributed by atoms with Crippen molar-refractivity contribution >= 4 is 27.7 Å². The maximum absolute atomic E-state index is 11.8. The Kier molecular flexibility index (Phi) is 5.00. The SMILES string of the molecule is NC(=O)C1CCCC1NC(=O)COc1ccccc1Br. The average Bonchev–Trinajstić information content (AvgIpc) is 2.86. The molecule has 1 fully saturated rings. The fourth-order valence-corrected chi connectivity index (χ4v) is 2.83. The highest BCUT2D eigenvalue weighted by Crippen LogP contribution is 2.26. The summed E-state index contributed by atoms with van der Waals surface area (Å²) in [5.41, 5.74) is 5.32. The molecule has 0 heterocycles. The van der Waals surface area contributed by atoms with Gasteiger partial charge < -0.3 is 15.8 Å². The van der Waals surface area contributed by atoms with E-state index in [1.54, 1.807) is 6.07 Å². The Balaban J connectivity index is 1.84. The molecule has 20 heavy (non-hydrogen) atoms. The van der Waals surface area contributed by atoms with Crippen LogP contribution in [0.5, 0.6) is 5.75 Å². The third-order valence-corrected chi connectivity index (χ3v) is 4.08. The minimum atomic E-state index is -0.348. The van der Waals surface area contributed by atoms with Crippen LogP contribution in [0.3, 0.4) is 0 Å². The van der Waals surface area contributed by atoms with Gasteiger partial charge in [0.15, 0.2) is 6.61 Å². The first-order valence-corrected chi connectivity index (χ1v) is 7.33. The number of benzene rings is 1. The average molecular weight is 341 g/mol. The molecule has 0 spiro atoms. The molecule has 0 aromatic heterocycles. The largest absolute Gasteiger partial charge is 0.483 e. The van der Waals surface area contributed by atoms with Crippen LogP contribution in [-0.2, 0) is 9.59 Å². The summed E-state index contributed by atoms with van der Waals surface area (Å²) in [6, 6.07) is 7.15. The van der Waals surface area contributed by atoms with E-state index >= 15 is 0 Å². The van der Waals surface area contributed by atoms with E-state index in [2.05, 4.69) is 21.2 Å². The lowest BCUT2D eigenvalue weighted by molar-refractivity contribution is -0.125. The van der Waals surface area contributed by atoms with E-state index in [1.165, 1.54) is 0 Å². The molecule has 3 N–H and O–H groups in total. The van der Waals surface area contributed by atoms with Gasteiger partial charge in [0.25, 0.3) is 5.91 Å². The van der Waals surface area contributed by atoms with Gasteiger partial charge in [-0.1, -0.05) is 18.6 Å². The number of nitrogens with two attached hydrogens (primary N) is 1. The molecule has 2 atom stereocenters. The summed E-state index contributed by atoms with van der Waals surface area (Å²) in [5, 5.41) is 2.82. The van der Waals surface area contributed by atoms with Crippen molar-refractivity contribution in [1.82, 2.24) is 5.32 Å². The summed E-state index contributed by atoms with van der Waals surface area (Å²) in [5.74, 6) is -0.235. The predicted molar refractivity (Wildman–Crippen MR) is 78.1 cm³/mol. The monoisotopic (exact) mass is 340 g/mol. The molecule has 2 rings (SSSR count). The molecule has 2 amide bonds. The topological polar surface area (TPSA) is 81.4 Å². The normalized spacial score (nSPS) is 21.4. The molecule has 1 aromatic rings. The maximum Gasteiger partial charge on any atom is 0.258 e. The molecule has 2 unspecified atom stereocenters. The van der Waals surface area contributed by atoms with Crippen LogP contribution in [0.25, 0.3) is 0 Å². The molecule has 1 saturated carbocycles. The van der Waals surface area contributed by atoms with Crippen molar-refractivity contribution in [3.8, 4) is 5.75 Å². The van der Waals surface area contributed by atoms with E-state index in [9.17, 15) is 9.59 Å². The Morgan fingerprint density at radius 3 is 2.80 bits per heavy atom. The van der Waals surface area contributed by atoms with Gasteiger partial charge in [0.05, 0.1) is 10.4 Å². The smallest absolute Gasteiger partial charge is 0.258 e. The maximum atomic E-state index is 11.8.